The highest BCUT2D eigenvalue weighted by atomic mass is 35.5. The van der Waals surface area contributed by atoms with Crippen LogP contribution in [0, 0.1) is 5.41 Å². The van der Waals surface area contributed by atoms with Crippen molar-refractivity contribution < 1.29 is 29.0 Å². The van der Waals surface area contributed by atoms with Crippen LogP contribution in [0.4, 0.5) is 0 Å². The molecule has 2 aromatic carbocycles. The molecule has 0 aliphatic heterocycles. The van der Waals surface area contributed by atoms with Gasteiger partial charge in [0.2, 0.25) is 0 Å². The molecular formula is C23H28ClN3O6. The van der Waals surface area contributed by atoms with E-state index in [1.165, 1.54) is 24.3 Å². The molecule has 0 radical (unpaired) electrons. The second-order valence-electron chi connectivity index (χ2n) is 8.00. The third kappa shape index (κ3) is 8.91. The van der Waals surface area contributed by atoms with Crippen molar-refractivity contribution in [2.45, 2.75) is 45.1 Å². The van der Waals surface area contributed by atoms with Gasteiger partial charge in [0.1, 0.15) is 17.8 Å². The third-order valence-corrected chi connectivity index (χ3v) is 4.15. The molecule has 1 amide bonds. The molecule has 0 bridgehead atoms. The Labute approximate surface area is 198 Å². The molecule has 10 heteroatoms. The first-order chi connectivity index (χ1) is 15.0. The Hall–Kier alpha value is -3.43. The summed E-state index contributed by atoms with van der Waals surface area (Å²) in [5.41, 5.74) is 5.42. The zero-order chi connectivity index (χ0) is 23.9. The molecule has 33 heavy (non-hydrogen) atoms. The summed E-state index contributed by atoms with van der Waals surface area (Å²) in [4.78, 5) is 37.1. The smallest absolute Gasteiger partial charge is 0.352 e. The van der Waals surface area contributed by atoms with Crippen LogP contribution in [0.5, 0.6) is 5.75 Å². The zero-order valence-corrected chi connectivity index (χ0v) is 19.3. The molecule has 0 saturated heterocycles. The van der Waals surface area contributed by atoms with Gasteiger partial charge in [0.05, 0.1) is 12.0 Å². The van der Waals surface area contributed by atoms with Gasteiger partial charge in [0.25, 0.3) is 12.0 Å². The van der Waals surface area contributed by atoms with Crippen molar-refractivity contribution in [2.75, 3.05) is 0 Å². The lowest BCUT2D eigenvalue weighted by molar-refractivity contribution is -0.152. The monoisotopic (exact) mass is 477 g/mol. The molecule has 2 aromatic rings. The van der Waals surface area contributed by atoms with E-state index in [2.05, 4.69) is 5.32 Å². The van der Waals surface area contributed by atoms with Crippen LogP contribution in [0.15, 0.2) is 54.6 Å². The number of hydrogen-bond acceptors (Lipinski definition) is 6. The Bertz CT molecular complexity index is 974. The average Bonchev–Trinajstić information content (AvgIpc) is 2.71. The average molecular weight is 478 g/mol. The van der Waals surface area contributed by atoms with Gasteiger partial charge in [-0.2, -0.15) is 0 Å². The van der Waals surface area contributed by atoms with Gasteiger partial charge >= 0.3 is 5.97 Å². The van der Waals surface area contributed by atoms with Crippen molar-refractivity contribution in [3.8, 4) is 5.75 Å². The van der Waals surface area contributed by atoms with Crippen molar-refractivity contribution in [3.05, 3.63) is 65.7 Å². The number of ether oxygens (including phenoxy) is 2. The lowest BCUT2D eigenvalue weighted by Gasteiger charge is -2.28. The molecule has 2 unspecified atom stereocenters. The molecule has 0 spiro atoms. The number of nitrogens with one attached hydrogen (secondary N) is 2. The van der Waals surface area contributed by atoms with Crippen molar-refractivity contribution >= 4 is 35.9 Å². The van der Waals surface area contributed by atoms with Gasteiger partial charge in [-0.25, -0.2) is 4.79 Å². The highest BCUT2D eigenvalue weighted by Gasteiger charge is 2.32. The number of ketones is 1. The predicted molar refractivity (Wildman–Crippen MR) is 125 cm³/mol. The minimum atomic E-state index is -1.75. The summed E-state index contributed by atoms with van der Waals surface area (Å²) in [5.74, 6) is -2.63. The van der Waals surface area contributed by atoms with Gasteiger partial charge in [-0.05, 0) is 45.0 Å². The lowest BCUT2D eigenvalue weighted by atomic mass is 10.1. The maximum absolute atomic E-state index is 12.7. The first kappa shape index (κ1) is 27.6. The van der Waals surface area contributed by atoms with Gasteiger partial charge in [-0.1, -0.05) is 30.3 Å². The Morgan fingerprint density at radius 2 is 1.58 bits per heavy atom. The number of amides is 1. The summed E-state index contributed by atoms with van der Waals surface area (Å²) in [6.07, 6.45) is -3.27. The number of carboxylic acid groups (broad SMARTS) is 1. The second-order valence-corrected chi connectivity index (χ2v) is 8.00. The number of rotatable bonds is 10. The van der Waals surface area contributed by atoms with E-state index in [9.17, 15) is 19.5 Å². The van der Waals surface area contributed by atoms with Crippen LogP contribution in [0.3, 0.4) is 0 Å². The van der Waals surface area contributed by atoms with Gasteiger partial charge in [-0.3, -0.25) is 15.0 Å². The Morgan fingerprint density at radius 3 is 2.06 bits per heavy atom. The maximum atomic E-state index is 12.7. The van der Waals surface area contributed by atoms with E-state index >= 15 is 0 Å². The number of benzene rings is 2. The number of amidine groups is 1. The lowest BCUT2D eigenvalue weighted by Crippen LogP contribution is -2.46. The van der Waals surface area contributed by atoms with Crippen LogP contribution >= 0.6 is 12.4 Å². The van der Waals surface area contributed by atoms with Crippen LogP contribution in [0.2, 0.25) is 0 Å². The largest absolute Gasteiger partial charge is 0.478 e. The van der Waals surface area contributed by atoms with Crippen LogP contribution < -0.4 is 15.8 Å². The number of aliphatic carboxylic acids is 1. The number of hydrogen-bond donors (Lipinski definition) is 4. The number of halogens is 1. The molecule has 5 N–H and O–H groups in total. The summed E-state index contributed by atoms with van der Waals surface area (Å²) in [6, 6.07) is 14.1. The second kappa shape index (κ2) is 12.0. The SMILES string of the molecule is CC(C)(C)OC(CC(=O)C(Oc1ccccc1)C(=O)O)NC(=O)c1ccc(C(=N)N)cc1.Cl. The topological polar surface area (TPSA) is 152 Å². The third-order valence-electron chi connectivity index (χ3n) is 4.15. The van der Waals surface area contributed by atoms with Gasteiger partial charge in [0, 0.05) is 11.1 Å². The van der Waals surface area contributed by atoms with Crippen molar-refractivity contribution in [1.29, 1.82) is 5.41 Å². The molecule has 9 nitrogen and oxygen atoms in total. The molecule has 0 aromatic heterocycles. The highest BCUT2D eigenvalue weighted by molar-refractivity contribution is 6.02. The number of carboxylic acids is 1. The molecule has 0 saturated carbocycles. The fourth-order valence-electron chi connectivity index (χ4n) is 2.76. The van der Waals surface area contributed by atoms with E-state index in [-0.39, 0.29) is 29.6 Å². The van der Waals surface area contributed by atoms with Crippen molar-refractivity contribution in [1.82, 2.24) is 5.32 Å². The van der Waals surface area contributed by atoms with Gasteiger partial charge < -0.3 is 25.6 Å². The first-order valence-corrected chi connectivity index (χ1v) is 9.86. The van der Waals surface area contributed by atoms with Crippen LogP contribution in [-0.2, 0) is 14.3 Å². The molecule has 0 heterocycles. The summed E-state index contributed by atoms with van der Waals surface area (Å²) < 4.78 is 11.1. The summed E-state index contributed by atoms with van der Waals surface area (Å²) in [7, 11) is 0. The molecule has 0 aliphatic rings. The van der Waals surface area contributed by atoms with E-state index in [0.717, 1.165) is 0 Å². The fraction of sp³-hybridized carbons (Fsp3) is 0.304. The Morgan fingerprint density at radius 1 is 1.03 bits per heavy atom. The number of nitrogens with two attached hydrogens (primary N) is 1. The Balaban J connectivity index is 0.00000544. The van der Waals surface area contributed by atoms with E-state index in [0.29, 0.717) is 5.56 Å². The minimum Gasteiger partial charge on any atom is -0.478 e. The summed E-state index contributed by atoms with van der Waals surface area (Å²) in [6.45, 7) is 5.23. The molecular weight excluding hydrogens is 450 g/mol. The zero-order valence-electron chi connectivity index (χ0n) is 18.5. The van der Waals surface area contributed by atoms with E-state index in [4.69, 9.17) is 20.6 Å². The molecule has 178 valence electrons. The standard InChI is InChI=1S/C23H27N3O6.ClH/c1-23(2,3)32-18(26-21(28)15-11-9-14(10-12-15)20(24)25)13-17(27)19(22(29)30)31-16-7-5-4-6-8-16;/h4-12,18-19H,13H2,1-3H3,(H3,24,25)(H,26,28)(H,29,30);1H. The number of carbonyl (C=O) groups excluding carboxylic acids is 2. The molecule has 0 aliphatic carbocycles. The van der Waals surface area contributed by atoms with Crippen molar-refractivity contribution in [2.24, 2.45) is 5.73 Å². The van der Waals surface area contributed by atoms with E-state index in [1.807, 2.05) is 0 Å². The molecule has 2 atom stereocenters. The fourth-order valence-corrected chi connectivity index (χ4v) is 2.76. The van der Waals surface area contributed by atoms with Crippen LogP contribution in [0.25, 0.3) is 0 Å². The predicted octanol–water partition coefficient (Wildman–Crippen LogP) is 2.75. The quantitative estimate of drug-likeness (QED) is 0.178. The molecule has 2 rings (SSSR count). The van der Waals surface area contributed by atoms with E-state index in [1.54, 1.807) is 51.1 Å². The highest BCUT2D eigenvalue weighted by Crippen LogP contribution is 2.17. The number of nitrogen functional groups attached to an aromatic ring is 1. The number of carbonyl (C=O) groups is 3. The minimum absolute atomic E-state index is 0. The normalized spacial score (nSPS) is 12.6. The Kier molecular flexibility index (Phi) is 10.0. The summed E-state index contributed by atoms with van der Waals surface area (Å²) in [5, 5.41) is 19.5. The van der Waals surface area contributed by atoms with E-state index < -0.39 is 42.0 Å². The summed E-state index contributed by atoms with van der Waals surface area (Å²) >= 11 is 0. The van der Waals surface area contributed by atoms with Crippen molar-refractivity contribution in [3.63, 3.8) is 0 Å². The van der Waals surface area contributed by atoms with Gasteiger partial charge in [-0.15, -0.1) is 12.4 Å². The van der Waals surface area contributed by atoms with Crippen LogP contribution in [-0.4, -0.2) is 46.5 Å². The molecule has 0 fully saturated rings. The maximum Gasteiger partial charge on any atom is 0.352 e. The number of para-hydroxylation sites is 1. The van der Waals surface area contributed by atoms with Gasteiger partial charge in [0.15, 0.2) is 5.78 Å². The first-order valence-electron chi connectivity index (χ1n) is 9.86. The van der Waals surface area contributed by atoms with Crippen LogP contribution in [0.1, 0.15) is 43.1 Å². The number of Topliss-reactive ketones (excluding diaryl/α,β-unsaturated/α-hetero) is 1.